The third-order valence-electron chi connectivity index (χ3n) is 4.49. The van der Waals surface area contributed by atoms with Gasteiger partial charge in [0.25, 0.3) is 0 Å². The van der Waals surface area contributed by atoms with E-state index in [4.69, 9.17) is 0 Å². The number of para-hydroxylation sites is 1. The molecule has 112 valence electrons. The molecular weight excluding hydrogens is 338 g/mol. The van der Waals surface area contributed by atoms with Crippen molar-refractivity contribution in [3.63, 3.8) is 0 Å². The molecule has 0 radical (unpaired) electrons. The van der Waals surface area contributed by atoms with E-state index in [0.29, 0.717) is 0 Å². The van der Waals surface area contributed by atoms with Crippen molar-refractivity contribution in [3.05, 3.63) is 59.1 Å². The van der Waals surface area contributed by atoms with Crippen LogP contribution in [0.1, 0.15) is 20.8 Å². The highest BCUT2D eigenvalue weighted by molar-refractivity contribution is 9.10. The lowest BCUT2D eigenvalue weighted by Crippen LogP contribution is -2.52. The van der Waals surface area contributed by atoms with Gasteiger partial charge >= 0.3 is 0 Å². The third kappa shape index (κ3) is 3.41. The van der Waals surface area contributed by atoms with Gasteiger partial charge in [0.2, 0.25) is 0 Å². The van der Waals surface area contributed by atoms with Crippen LogP contribution < -0.4 is 4.57 Å². The number of anilines is 2. The van der Waals surface area contributed by atoms with Crippen LogP contribution in [-0.4, -0.2) is 8.24 Å². The standard InChI is InChI=1S/C18H24BrNSi/c1-18(2,3)21(4,5)20(16-9-7-6-8-10-16)17-13-11-15(19)12-14-17/h6-14H,1-5H3. The first-order valence-electron chi connectivity index (χ1n) is 7.34. The molecule has 0 saturated carbocycles. The first-order chi connectivity index (χ1) is 9.73. The topological polar surface area (TPSA) is 3.24 Å². The highest BCUT2D eigenvalue weighted by Crippen LogP contribution is 2.44. The van der Waals surface area contributed by atoms with Gasteiger partial charge in [-0.15, -0.1) is 0 Å². The molecule has 0 amide bonds. The Hall–Kier alpha value is -1.06. The smallest absolute Gasteiger partial charge is 0.161 e. The fraction of sp³-hybridized carbons (Fsp3) is 0.333. The van der Waals surface area contributed by atoms with Crippen molar-refractivity contribution in [2.24, 2.45) is 0 Å². The lowest BCUT2D eigenvalue weighted by atomic mass is 10.2. The van der Waals surface area contributed by atoms with Crippen molar-refractivity contribution in [1.82, 2.24) is 0 Å². The number of halogens is 1. The zero-order valence-corrected chi connectivity index (χ0v) is 16.1. The maximum absolute atomic E-state index is 3.53. The van der Waals surface area contributed by atoms with Crippen LogP contribution in [0.5, 0.6) is 0 Å². The van der Waals surface area contributed by atoms with E-state index in [2.05, 4.69) is 109 Å². The third-order valence-corrected chi connectivity index (χ3v) is 10.3. The van der Waals surface area contributed by atoms with Crippen LogP contribution in [0.2, 0.25) is 18.1 Å². The monoisotopic (exact) mass is 361 g/mol. The van der Waals surface area contributed by atoms with E-state index in [0.717, 1.165) is 4.47 Å². The molecule has 0 bridgehead atoms. The Kier molecular flexibility index (Phi) is 4.64. The minimum absolute atomic E-state index is 0.274. The van der Waals surface area contributed by atoms with Gasteiger partial charge in [-0.3, -0.25) is 0 Å². The van der Waals surface area contributed by atoms with Crippen molar-refractivity contribution < 1.29 is 0 Å². The molecular formula is C18H24BrNSi. The van der Waals surface area contributed by atoms with E-state index in [1.54, 1.807) is 0 Å². The fourth-order valence-electron chi connectivity index (χ4n) is 2.30. The molecule has 2 aromatic rings. The Bertz CT molecular complexity index is 585. The van der Waals surface area contributed by atoms with Crippen LogP contribution in [-0.2, 0) is 0 Å². The zero-order chi connectivity index (χ0) is 15.7. The Morgan fingerprint density at radius 3 is 1.76 bits per heavy atom. The predicted octanol–water partition coefficient (Wildman–Crippen LogP) is 6.59. The molecule has 2 aromatic carbocycles. The van der Waals surface area contributed by atoms with E-state index >= 15 is 0 Å². The van der Waals surface area contributed by atoms with Crippen LogP contribution in [0, 0.1) is 0 Å². The highest BCUT2D eigenvalue weighted by atomic mass is 79.9. The quantitative estimate of drug-likeness (QED) is 0.557. The maximum atomic E-state index is 3.53. The number of rotatable bonds is 3. The van der Waals surface area contributed by atoms with Gasteiger partial charge < -0.3 is 4.57 Å². The fourth-order valence-corrected chi connectivity index (χ4v) is 4.82. The van der Waals surface area contributed by atoms with Gasteiger partial charge in [0.1, 0.15) is 0 Å². The normalized spacial score (nSPS) is 12.3. The summed E-state index contributed by atoms with van der Waals surface area (Å²) < 4.78 is 3.69. The van der Waals surface area contributed by atoms with Gasteiger partial charge in [-0.1, -0.05) is 68.0 Å². The Morgan fingerprint density at radius 2 is 1.29 bits per heavy atom. The first kappa shape index (κ1) is 16.3. The lowest BCUT2D eigenvalue weighted by Gasteiger charge is -2.47. The molecule has 0 fully saturated rings. The molecule has 0 aliphatic heterocycles. The average molecular weight is 362 g/mol. The summed E-state index contributed by atoms with van der Waals surface area (Å²) in [6.45, 7) is 12.0. The molecule has 0 spiro atoms. The maximum Gasteiger partial charge on any atom is 0.161 e. The lowest BCUT2D eigenvalue weighted by molar-refractivity contribution is 0.715. The van der Waals surface area contributed by atoms with Crippen molar-refractivity contribution in [1.29, 1.82) is 0 Å². The van der Waals surface area contributed by atoms with Gasteiger partial charge in [-0.25, -0.2) is 0 Å². The zero-order valence-electron chi connectivity index (χ0n) is 13.5. The number of hydrogen-bond donors (Lipinski definition) is 0. The van der Waals surface area contributed by atoms with E-state index in [1.807, 2.05) is 0 Å². The summed E-state index contributed by atoms with van der Waals surface area (Å²) in [7, 11) is -1.72. The van der Waals surface area contributed by atoms with Crippen molar-refractivity contribution >= 4 is 35.5 Å². The molecule has 3 heteroatoms. The molecule has 2 rings (SSSR count). The number of benzene rings is 2. The molecule has 0 atom stereocenters. The van der Waals surface area contributed by atoms with E-state index in [-0.39, 0.29) is 5.04 Å². The predicted molar refractivity (Wildman–Crippen MR) is 99.9 cm³/mol. The molecule has 21 heavy (non-hydrogen) atoms. The molecule has 0 aliphatic carbocycles. The Balaban J connectivity index is 2.58. The second kappa shape index (κ2) is 5.97. The van der Waals surface area contributed by atoms with Crippen LogP contribution >= 0.6 is 15.9 Å². The van der Waals surface area contributed by atoms with E-state index < -0.39 is 8.24 Å². The summed E-state index contributed by atoms with van der Waals surface area (Å²) >= 11 is 3.53. The van der Waals surface area contributed by atoms with E-state index in [1.165, 1.54) is 11.4 Å². The van der Waals surface area contributed by atoms with Gasteiger partial charge in [0, 0.05) is 15.8 Å². The molecule has 0 saturated heterocycles. The second-order valence-electron chi connectivity index (χ2n) is 6.96. The molecule has 0 unspecified atom stereocenters. The van der Waals surface area contributed by atoms with Crippen LogP contribution in [0.15, 0.2) is 59.1 Å². The molecule has 0 N–H and O–H groups in total. The molecule has 0 aromatic heterocycles. The minimum Gasteiger partial charge on any atom is -0.369 e. The molecule has 1 nitrogen and oxygen atoms in total. The Morgan fingerprint density at radius 1 is 0.810 bits per heavy atom. The summed E-state index contributed by atoms with van der Waals surface area (Å²) in [6.07, 6.45) is 0. The summed E-state index contributed by atoms with van der Waals surface area (Å²) in [5, 5.41) is 0.274. The van der Waals surface area contributed by atoms with Crippen LogP contribution in [0.3, 0.4) is 0 Å². The highest BCUT2D eigenvalue weighted by Gasteiger charge is 2.42. The molecule has 0 heterocycles. The summed E-state index contributed by atoms with van der Waals surface area (Å²) in [4.78, 5) is 0. The second-order valence-corrected chi connectivity index (χ2v) is 12.9. The van der Waals surface area contributed by atoms with Gasteiger partial charge in [0.15, 0.2) is 8.24 Å². The first-order valence-corrected chi connectivity index (χ1v) is 11.1. The van der Waals surface area contributed by atoms with Crippen molar-refractivity contribution in [2.45, 2.75) is 38.9 Å². The van der Waals surface area contributed by atoms with Crippen LogP contribution in [0.25, 0.3) is 0 Å². The summed E-state index contributed by atoms with van der Waals surface area (Å²) in [5.74, 6) is 0. The summed E-state index contributed by atoms with van der Waals surface area (Å²) in [6, 6.07) is 19.4. The minimum atomic E-state index is -1.72. The van der Waals surface area contributed by atoms with Crippen LogP contribution in [0.4, 0.5) is 11.4 Å². The number of hydrogen-bond acceptors (Lipinski definition) is 1. The van der Waals surface area contributed by atoms with Crippen molar-refractivity contribution in [3.8, 4) is 0 Å². The van der Waals surface area contributed by atoms with E-state index in [9.17, 15) is 0 Å². The number of nitrogens with zero attached hydrogens (tertiary/aromatic N) is 1. The van der Waals surface area contributed by atoms with Gasteiger partial charge in [0.05, 0.1) is 0 Å². The van der Waals surface area contributed by atoms with Gasteiger partial charge in [-0.05, 0) is 41.4 Å². The Labute approximate surface area is 138 Å². The van der Waals surface area contributed by atoms with Crippen molar-refractivity contribution in [2.75, 3.05) is 4.57 Å². The van der Waals surface area contributed by atoms with Gasteiger partial charge in [-0.2, -0.15) is 0 Å². The average Bonchev–Trinajstić information content (AvgIpc) is 2.41. The molecule has 0 aliphatic rings. The largest absolute Gasteiger partial charge is 0.369 e. The SMILES string of the molecule is CC(C)(C)[Si](C)(C)N(c1ccccc1)c1ccc(Br)cc1. The summed E-state index contributed by atoms with van der Waals surface area (Å²) in [5.41, 5.74) is 2.56.